The molecular weight excluding hydrogens is 478 g/mol. The summed E-state index contributed by atoms with van der Waals surface area (Å²) < 4.78 is 8.55. The first-order valence-corrected chi connectivity index (χ1v) is 12.6. The molecule has 0 fully saturated rings. The number of aryl methyl sites for hydroxylation is 3. The number of amides is 1. The fourth-order valence-corrected chi connectivity index (χ4v) is 4.61. The summed E-state index contributed by atoms with van der Waals surface area (Å²) in [5.74, 6) is 0.720. The molecule has 3 N–H and O–H groups in total. The van der Waals surface area contributed by atoms with E-state index in [0.29, 0.717) is 42.6 Å². The number of nitrogens with one attached hydrogen (secondary N) is 1. The molecule has 8 nitrogen and oxygen atoms in total. The topological polar surface area (TPSA) is 103 Å². The Hall–Kier alpha value is -4.72. The second kappa shape index (κ2) is 10.7. The maximum atomic E-state index is 13.5. The summed E-state index contributed by atoms with van der Waals surface area (Å²) >= 11 is 0. The number of hydrogen-bond donors (Lipinski definition) is 2. The fraction of sp³-hybridized carbons (Fsp3) is 0.200. The second-order valence-corrected chi connectivity index (χ2v) is 9.22. The first-order valence-electron chi connectivity index (χ1n) is 12.6. The molecule has 0 aliphatic rings. The van der Waals surface area contributed by atoms with Crippen LogP contribution in [0.25, 0.3) is 16.7 Å². The Bertz CT molecular complexity index is 1680. The number of anilines is 1. The number of carbonyl (C=O) groups is 1. The predicted molar refractivity (Wildman–Crippen MR) is 147 cm³/mol. The van der Waals surface area contributed by atoms with Crippen LogP contribution in [0.2, 0.25) is 0 Å². The van der Waals surface area contributed by atoms with Gasteiger partial charge >= 0.3 is 0 Å². The number of fused-ring (bicyclic) bond motifs is 2. The molecule has 5 aromatic rings. The van der Waals surface area contributed by atoms with Crippen molar-refractivity contribution in [3.05, 3.63) is 112 Å². The molecule has 0 spiro atoms. The number of carbonyl (C=O) groups excluding carboxylic acids is 1. The van der Waals surface area contributed by atoms with Crippen molar-refractivity contribution in [3.63, 3.8) is 0 Å². The summed E-state index contributed by atoms with van der Waals surface area (Å²) in [7, 11) is 1.63. The van der Waals surface area contributed by atoms with Gasteiger partial charge in [0.15, 0.2) is 0 Å². The highest BCUT2D eigenvalue weighted by Gasteiger charge is 2.24. The molecule has 0 aliphatic heterocycles. The van der Waals surface area contributed by atoms with Crippen LogP contribution >= 0.6 is 0 Å². The van der Waals surface area contributed by atoms with Gasteiger partial charge in [-0.3, -0.25) is 14.0 Å². The molecule has 3 heterocycles. The molecule has 5 rings (SSSR count). The van der Waals surface area contributed by atoms with Gasteiger partial charge < -0.3 is 15.8 Å². The number of methoxy groups -OCH3 is 1. The quantitative estimate of drug-likeness (QED) is 0.247. The summed E-state index contributed by atoms with van der Waals surface area (Å²) in [4.78, 5) is 31.7. The lowest BCUT2D eigenvalue weighted by atomic mass is 10.1. The van der Waals surface area contributed by atoms with Crippen LogP contribution in [-0.4, -0.2) is 28.9 Å². The van der Waals surface area contributed by atoms with E-state index in [1.165, 1.54) is 4.40 Å². The maximum Gasteiger partial charge on any atom is 0.278 e. The van der Waals surface area contributed by atoms with Gasteiger partial charge in [0, 0.05) is 24.7 Å². The Balaban J connectivity index is 1.55. The molecule has 3 aromatic heterocycles. The number of nitrogen functional groups attached to an aromatic ring is 1. The van der Waals surface area contributed by atoms with Crippen LogP contribution in [-0.2, 0) is 19.4 Å². The van der Waals surface area contributed by atoms with E-state index in [0.717, 1.165) is 22.4 Å². The van der Waals surface area contributed by atoms with Crippen molar-refractivity contribution in [2.75, 3.05) is 19.4 Å². The van der Waals surface area contributed by atoms with Crippen LogP contribution in [0, 0.1) is 6.92 Å². The van der Waals surface area contributed by atoms with Gasteiger partial charge in [-0.25, -0.2) is 4.57 Å². The molecule has 0 radical (unpaired) electrons. The number of rotatable bonds is 8. The Labute approximate surface area is 220 Å². The minimum atomic E-state index is -0.327. The van der Waals surface area contributed by atoms with E-state index in [4.69, 9.17) is 15.5 Å². The van der Waals surface area contributed by atoms with Gasteiger partial charge in [-0.2, -0.15) is 0 Å². The van der Waals surface area contributed by atoms with E-state index in [2.05, 4.69) is 5.32 Å². The van der Waals surface area contributed by atoms with Crippen molar-refractivity contribution in [1.82, 2.24) is 14.7 Å². The standard InChI is InChI=1S/C30H29N5O3/c1-20-7-6-17-35-27(20)33-28-25(30(35)37)19-24(29(36)32-16-14-21-8-4-3-5-9-21)26(31)34(28)18-15-22-10-12-23(38-2)13-11-22/h3-13,17,19,31H,14-16,18H2,1-2H3,(H,32,36)/p+1. The van der Waals surface area contributed by atoms with Gasteiger partial charge in [0.1, 0.15) is 16.7 Å². The first kappa shape index (κ1) is 25.0. The van der Waals surface area contributed by atoms with Crippen molar-refractivity contribution < 1.29 is 14.1 Å². The van der Waals surface area contributed by atoms with E-state index < -0.39 is 0 Å². The molecule has 1 amide bonds. The van der Waals surface area contributed by atoms with E-state index in [1.807, 2.05) is 73.7 Å². The summed E-state index contributed by atoms with van der Waals surface area (Å²) in [6.45, 7) is 2.79. The third-order valence-electron chi connectivity index (χ3n) is 6.75. The zero-order valence-corrected chi connectivity index (χ0v) is 21.5. The number of nitrogens with two attached hydrogens (primary N) is 1. The first-order chi connectivity index (χ1) is 18.5. The zero-order valence-electron chi connectivity index (χ0n) is 21.5. The average molecular weight is 509 g/mol. The van der Waals surface area contributed by atoms with Crippen molar-refractivity contribution in [1.29, 1.82) is 0 Å². The van der Waals surface area contributed by atoms with Crippen molar-refractivity contribution in [2.45, 2.75) is 26.3 Å². The van der Waals surface area contributed by atoms with Gasteiger partial charge in [-0.05, 0) is 48.7 Å². The van der Waals surface area contributed by atoms with Crippen LogP contribution < -0.4 is 25.9 Å². The Kier molecular flexibility index (Phi) is 7.04. The normalized spacial score (nSPS) is 11.1. The molecule has 8 heteroatoms. The van der Waals surface area contributed by atoms with Crippen molar-refractivity contribution in [2.24, 2.45) is 0 Å². The highest BCUT2D eigenvalue weighted by Crippen LogP contribution is 2.17. The molecule has 0 saturated heterocycles. The SMILES string of the molecule is COc1ccc(CC[n+]2c(N)c(C(=O)NCCc3ccccc3)cc3c(=O)n4cccc(C)c4nc32)cc1. The van der Waals surface area contributed by atoms with E-state index in [-0.39, 0.29) is 22.8 Å². The molecule has 2 aromatic carbocycles. The van der Waals surface area contributed by atoms with E-state index in [9.17, 15) is 9.59 Å². The zero-order chi connectivity index (χ0) is 26.6. The van der Waals surface area contributed by atoms with Crippen LogP contribution in [0.15, 0.2) is 83.8 Å². The Morgan fingerprint density at radius 3 is 2.50 bits per heavy atom. The number of hydrogen-bond acceptors (Lipinski definition) is 5. The molecule has 0 atom stereocenters. The van der Waals surface area contributed by atoms with Gasteiger partial charge in [0.05, 0.1) is 13.7 Å². The Morgan fingerprint density at radius 1 is 1.03 bits per heavy atom. The van der Waals surface area contributed by atoms with Crippen LogP contribution in [0.5, 0.6) is 5.75 Å². The summed E-state index contributed by atoms with van der Waals surface area (Å²) in [5.41, 5.74) is 10.7. The highest BCUT2D eigenvalue weighted by molar-refractivity contribution is 6.00. The summed E-state index contributed by atoms with van der Waals surface area (Å²) in [6, 6.07) is 23.0. The van der Waals surface area contributed by atoms with Gasteiger partial charge in [-0.1, -0.05) is 53.5 Å². The van der Waals surface area contributed by atoms with E-state index >= 15 is 0 Å². The van der Waals surface area contributed by atoms with Crippen LogP contribution in [0.1, 0.15) is 27.0 Å². The highest BCUT2D eigenvalue weighted by atomic mass is 16.5. The van der Waals surface area contributed by atoms with Gasteiger partial charge in [-0.15, -0.1) is 0 Å². The molecule has 192 valence electrons. The molecule has 0 bridgehead atoms. The molecular formula is C30H30N5O3+. The lowest BCUT2D eigenvalue weighted by molar-refractivity contribution is -0.658. The summed E-state index contributed by atoms with van der Waals surface area (Å²) in [6.07, 6.45) is 3.00. The third-order valence-corrected chi connectivity index (χ3v) is 6.75. The minimum absolute atomic E-state index is 0.245. The molecule has 38 heavy (non-hydrogen) atoms. The third kappa shape index (κ3) is 4.93. The smallest absolute Gasteiger partial charge is 0.278 e. The van der Waals surface area contributed by atoms with Crippen LogP contribution in [0.4, 0.5) is 5.82 Å². The monoisotopic (exact) mass is 508 g/mol. The molecule has 0 unspecified atom stereocenters. The lowest BCUT2D eigenvalue weighted by Gasteiger charge is -2.13. The van der Waals surface area contributed by atoms with Gasteiger partial charge in [0.25, 0.3) is 17.1 Å². The van der Waals surface area contributed by atoms with E-state index in [1.54, 1.807) is 23.9 Å². The number of ether oxygens (including phenoxy) is 1. The number of pyridine rings is 2. The predicted octanol–water partition coefficient (Wildman–Crippen LogP) is 3.25. The van der Waals surface area contributed by atoms with Crippen molar-refractivity contribution in [3.8, 4) is 5.75 Å². The molecule has 0 saturated carbocycles. The number of benzene rings is 2. The number of nitrogens with zero attached hydrogens (tertiary/aromatic N) is 3. The average Bonchev–Trinajstić information content (AvgIpc) is 2.94. The van der Waals surface area contributed by atoms with Gasteiger partial charge in [0.2, 0.25) is 11.5 Å². The minimum Gasteiger partial charge on any atom is -0.497 e. The summed E-state index contributed by atoms with van der Waals surface area (Å²) in [5, 5.41) is 3.30. The lowest BCUT2D eigenvalue weighted by Crippen LogP contribution is -2.43. The maximum absolute atomic E-state index is 13.5. The fourth-order valence-electron chi connectivity index (χ4n) is 4.61. The second-order valence-electron chi connectivity index (χ2n) is 9.22. The van der Waals surface area contributed by atoms with Crippen LogP contribution in [0.3, 0.4) is 0 Å². The Morgan fingerprint density at radius 2 is 1.76 bits per heavy atom. The molecule has 0 aliphatic carbocycles. The largest absolute Gasteiger partial charge is 0.497 e. The van der Waals surface area contributed by atoms with Crippen molar-refractivity contribution >= 4 is 28.4 Å². The number of aromatic nitrogens is 3.